The average molecular weight is 498 g/mol. The van der Waals surface area contributed by atoms with Crippen LogP contribution in [0.15, 0.2) is 23.0 Å². The molecule has 0 bridgehead atoms. The third-order valence-corrected chi connectivity index (χ3v) is 6.37. The van der Waals surface area contributed by atoms with Crippen molar-refractivity contribution < 1.29 is 14.3 Å². The molecule has 11 heteroatoms. The van der Waals surface area contributed by atoms with E-state index in [1.165, 1.54) is 4.68 Å². The summed E-state index contributed by atoms with van der Waals surface area (Å²) in [5.41, 5.74) is 3.65. The van der Waals surface area contributed by atoms with Gasteiger partial charge < -0.3 is 14.5 Å². The fourth-order valence-electron chi connectivity index (χ4n) is 4.64. The molecule has 1 saturated heterocycles. The molecule has 3 aromatic rings. The van der Waals surface area contributed by atoms with Gasteiger partial charge in [0.2, 0.25) is 0 Å². The first-order chi connectivity index (χ1) is 17.4. The summed E-state index contributed by atoms with van der Waals surface area (Å²) in [7, 11) is 0. The Morgan fingerprint density at radius 3 is 2.78 bits per heavy atom. The molecule has 0 amide bonds. The van der Waals surface area contributed by atoms with Gasteiger partial charge in [0.15, 0.2) is 5.82 Å². The highest BCUT2D eigenvalue weighted by atomic mass is 16.5. The number of hydrogen-bond donors (Lipinski definition) is 1. The van der Waals surface area contributed by atoms with Gasteiger partial charge in [0, 0.05) is 31.7 Å². The Bertz CT molecular complexity index is 1230. The number of aryl methyl sites for hydroxylation is 2. The van der Waals surface area contributed by atoms with Crippen molar-refractivity contribution in [1.82, 2.24) is 35.0 Å². The maximum Gasteiger partial charge on any atom is 0.327 e. The Labute approximate surface area is 210 Å². The molecule has 2 aromatic heterocycles. The van der Waals surface area contributed by atoms with Crippen LogP contribution in [-0.4, -0.2) is 87.0 Å². The fourth-order valence-corrected chi connectivity index (χ4v) is 4.64. The predicted molar refractivity (Wildman–Crippen MR) is 134 cm³/mol. The lowest BCUT2D eigenvalue weighted by Gasteiger charge is -2.28. The first-order valence-electron chi connectivity index (χ1n) is 12.5. The molecule has 3 heterocycles. The van der Waals surface area contributed by atoms with Gasteiger partial charge in [0.05, 0.1) is 31.9 Å². The van der Waals surface area contributed by atoms with Crippen molar-refractivity contribution in [3.05, 3.63) is 51.1 Å². The molecular weight excluding hydrogens is 462 g/mol. The molecule has 1 aliphatic heterocycles. The Morgan fingerprint density at radius 1 is 1.19 bits per heavy atom. The number of fused-ring (bicyclic) bond motifs is 1. The normalized spacial score (nSPS) is 14.6. The molecule has 194 valence electrons. The first kappa shape index (κ1) is 25.9. The van der Waals surface area contributed by atoms with E-state index in [4.69, 9.17) is 9.47 Å². The van der Waals surface area contributed by atoms with Crippen LogP contribution in [0.4, 0.5) is 0 Å². The number of H-pyrrole nitrogens is 1. The van der Waals surface area contributed by atoms with Gasteiger partial charge in [0.25, 0.3) is 5.56 Å². The lowest BCUT2D eigenvalue weighted by Crippen LogP contribution is -2.38. The second kappa shape index (κ2) is 12.2. The van der Waals surface area contributed by atoms with Crippen molar-refractivity contribution >= 4 is 16.9 Å². The number of rotatable bonds is 11. The number of benzene rings is 1. The van der Waals surface area contributed by atoms with Gasteiger partial charge >= 0.3 is 5.97 Å². The topological polar surface area (TPSA) is 118 Å². The summed E-state index contributed by atoms with van der Waals surface area (Å²) in [5.74, 6) is 0.167. The van der Waals surface area contributed by atoms with Crippen LogP contribution < -0.4 is 5.56 Å². The molecule has 1 N–H and O–H groups in total. The summed E-state index contributed by atoms with van der Waals surface area (Å²) in [6.07, 6.45) is 0.920. The van der Waals surface area contributed by atoms with E-state index in [0.29, 0.717) is 31.1 Å². The highest BCUT2D eigenvalue weighted by Crippen LogP contribution is 2.19. The fraction of sp³-hybridized carbons (Fsp3) is 0.560. The summed E-state index contributed by atoms with van der Waals surface area (Å²) in [6.45, 7) is 12.0. The Hall–Kier alpha value is -3.15. The van der Waals surface area contributed by atoms with E-state index in [1.54, 1.807) is 6.92 Å². The molecule has 0 saturated carbocycles. The standard InChI is InChI=1S/C25H35N7O4/c1-4-36-23(33)17-32-22(27-28-29-32)16-31(7-5-6-30-8-10-35-11-9-30)15-21-14-20-13-18(2)12-19(3)24(20)26-25(21)34/h12-14H,4-11,15-17H2,1-3H3,(H,26,34). The van der Waals surface area contributed by atoms with E-state index in [-0.39, 0.29) is 18.1 Å². The van der Waals surface area contributed by atoms with Gasteiger partial charge in [0.1, 0.15) is 6.54 Å². The van der Waals surface area contributed by atoms with E-state index >= 15 is 0 Å². The number of aromatic nitrogens is 5. The number of pyridine rings is 1. The van der Waals surface area contributed by atoms with Crippen LogP contribution in [0.2, 0.25) is 0 Å². The average Bonchev–Trinajstić information content (AvgIpc) is 3.27. The van der Waals surface area contributed by atoms with Crippen LogP contribution in [0.25, 0.3) is 10.9 Å². The van der Waals surface area contributed by atoms with Crippen LogP contribution in [0.1, 0.15) is 35.9 Å². The summed E-state index contributed by atoms with van der Waals surface area (Å²) < 4.78 is 12.0. The number of nitrogens with one attached hydrogen (secondary N) is 1. The van der Waals surface area contributed by atoms with Crippen LogP contribution >= 0.6 is 0 Å². The zero-order chi connectivity index (χ0) is 25.5. The number of nitrogens with zero attached hydrogens (tertiary/aromatic N) is 6. The molecule has 4 rings (SSSR count). The van der Waals surface area contributed by atoms with Gasteiger partial charge in [-0.25, -0.2) is 4.68 Å². The van der Waals surface area contributed by atoms with Crippen molar-refractivity contribution in [1.29, 1.82) is 0 Å². The van der Waals surface area contributed by atoms with Crippen molar-refractivity contribution in [3.63, 3.8) is 0 Å². The lowest BCUT2D eigenvalue weighted by atomic mass is 10.1. The van der Waals surface area contributed by atoms with Crippen molar-refractivity contribution in [2.75, 3.05) is 46.0 Å². The lowest BCUT2D eigenvalue weighted by molar-refractivity contribution is -0.144. The molecule has 0 spiro atoms. The van der Waals surface area contributed by atoms with E-state index < -0.39 is 0 Å². The van der Waals surface area contributed by atoms with Crippen molar-refractivity contribution in [3.8, 4) is 0 Å². The van der Waals surface area contributed by atoms with E-state index in [1.807, 2.05) is 13.0 Å². The highest BCUT2D eigenvalue weighted by Gasteiger charge is 2.18. The minimum absolute atomic E-state index is 0.0487. The third kappa shape index (κ3) is 6.74. The molecule has 0 atom stereocenters. The zero-order valence-electron chi connectivity index (χ0n) is 21.3. The second-order valence-corrected chi connectivity index (χ2v) is 9.25. The molecule has 0 radical (unpaired) electrons. The maximum atomic E-state index is 13.0. The quantitative estimate of drug-likeness (QED) is 0.392. The number of ether oxygens (including phenoxy) is 2. The van der Waals surface area contributed by atoms with Gasteiger partial charge in [-0.15, -0.1) is 5.10 Å². The van der Waals surface area contributed by atoms with Crippen LogP contribution in [-0.2, 0) is 33.9 Å². The largest absolute Gasteiger partial charge is 0.465 e. The predicted octanol–water partition coefficient (Wildman–Crippen LogP) is 1.42. The van der Waals surface area contributed by atoms with E-state index in [0.717, 1.165) is 67.8 Å². The number of carbonyl (C=O) groups is 1. The van der Waals surface area contributed by atoms with E-state index in [9.17, 15) is 9.59 Å². The van der Waals surface area contributed by atoms with Gasteiger partial charge in [-0.3, -0.25) is 19.4 Å². The van der Waals surface area contributed by atoms with Crippen LogP contribution in [0, 0.1) is 13.8 Å². The number of tetrazole rings is 1. The van der Waals surface area contributed by atoms with E-state index in [2.05, 4.69) is 49.4 Å². The Morgan fingerprint density at radius 2 is 2.00 bits per heavy atom. The molecule has 1 aliphatic rings. The molecule has 36 heavy (non-hydrogen) atoms. The monoisotopic (exact) mass is 497 g/mol. The Balaban J connectivity index is 1.53. The molecule has 1 fully saturated rings. The molecular formula is C25H35N7O4. The van der Waals surface area contributed by atoms with Crippen molar-refractivity contribution in [2.24, 2.45) is 0 Å². The van der Waals surface area contributed by atoms with Gasteiger partial charge in [-0.2, -0.15) is 0 Å². The zero-order valence-corrected chi connectivity index (χ0v) is 21.3. The SMILES string of the molecule is CCOC(=O)Cn1nnnc1CN(CCCN1CCOCC1)Cc1cc2cc(C)cc(C)c2[nH]c1=O. The van der Waals surface area contributed by atoms with Gasteiger partial charge in [-0.05, 0) is 67.2 Å². The van der Waals surface area contributed by atoms with Crippen molar-refractivity contribution in [2.45, 2.75) is 46.8 Å². The first-order valence-corrected chi connectivity index (χ1v) is 12.5. The van der Waals surface area contributed by atoms with Gasteiger partial charge in [-0.1, -0.05) is 11.6 Å². The minimum atomic E-state index is -0.387. The summed E-state index contributed by atoms with van der Waals surface area (Å²) >= 11 is 0. The second-order valence-electron chi connectivity index (χ2n) is 9.25. The number of morpholine rings is 1. The maximum absolute atomic E-state index is 13.0. The number of esters is 1. The summed E-state index contributed by atoms with van der Waals surface area (Å²) in [4.78, 5) is 32.6. The summed E-state index contributed by atoms with van der Waals surface area (Å²) in [5, 5.41) is 12.9. The minimum Gasteiger partial charge on any atom is -0.465 e. The number of aromatic amines is 1. The molecule has 0 unspecified atom stereocenters. The molecule has 0 aliphatic carbocycles. The highest BCUT2D eigenvalue weighted by molar-refractivity contribution is 5.82. The number of hydrogen-bond acceptors (Lipinski definition) is 9. The summed E-state index contributed by atoms with van der Waals surface area (Å²) in [6, 6.07) is 6.13. The molecule has 1 aromatic carbocycles. The smallest absolute Gasteiger partial charge is 0.327 e. The molecule has 11 nitrogen and oxygen atoms in total. The Kier molecular flexibility index (Phi) is 8.79. The third-order valence-electron chi connectivity index (χ3n) is 6.37. The number of carbonyl (C=O) groups excluding carboxylic acids is 1. The van der Waals surface area contributed by atoms with Crippen LogP contribution in [0.3, 0.4) is 0 Å². The van der Waals surface area contributed by atoms with Crippen LogP contribution in [0.5, 0.6) is 0 Å².